The van der Waals surface area contributed by atoms with Crippen LogP contribution < -0.4 is 15.4 Å². The number of H-pyrrole nitrogens is 1. The Morgan fingerprint density at radius 3 is 2.77 bits per heavy atom. The summed E-state index contributed by atoms with van der Waals surface area (Å²) in [6.45, 7) is 8.57. The lowest BCUT2D eigenvalue weighted by molar-refractivity contribution is -0.0183. The normalized spacial score (nSPS) is 18.1. The second-order valence-corrected chi connectivity index (χ2v) is 11.4. The molecule has 0 aliphatic carbocycles. The molecule has 2 aromatic heterocycles. The van der Waals surface area contributed by atoms with Crippen molar-refractivity contribution in [3.05, 3.63) is 58.5 Å². The number of halogens is 1. The molecule has 1 saturated heterocycles. The van der Waals surface area contributed by atoms with Gasteiger partial charge in [-0.2, -0.15) is 0 Å². The van der Waals surface area contributed by atoms with Crippen LogP contribution in [0, 0.1) is 11.8 Å². The van der Waals surface area contributed by atoms with E-state index >= 15 is 0 Å². The number of amides is 2. The quantitative estimate of drug-likeness (QED) is 0.362. The molecular formula is C30H32ClN5O4. The fourth-order valence-electron chi connectivity index (χ4n) is 4.87. The second kappa shape index (κ2) is 10.4. The van der Waals surface area contributed by atoms with Gasteiger partial charge >= 0.3 is 6.09 Å². The predicted octanol–water partition coefficient (Wildman–Crippen LogP) is 5.52. The smallest absolute Gasteiger partial charge is 0.411 e. The Labute approximate surface area is 238 Å². The summed E-state index contributed by atoms with van der Waals surface area (Å²) in [5, 5.41) is 6.77. The third-order valence-electron chi connectivity index (χ3n) is 6.98. The fourth-order valence-corrected chi connectivity index (χ4v) is 5.12. The average molecular weight is 562 g/mol. The first-order valence-electron chi connectivity index (χ1n) is 13.1. The standard InChI is InChI=1S/C30H32ClN5O4/c1-29(2,3)40-28(38)36-16-13-30(36,4)12-9-18-17-32-14-10-19(18)24-25(23-21(34-24)11-15-33-27(23)37)35-22-8-6-7-20(31)26(22)39-5/h6-8,10,14,17,34-35H,11,13,15-16H2,1-5H3,(H,33,37). The number of likely N-dealkylation sites (tertiary alicyclic amines) is 1. The molecule has 0 radical (unpaired) electrons. The van der Waals surface area contributed by atoms with Gasteiger partial charge in [0.25, 0.3) is 5.91 Å². The molecule has 3 aromatic rings. The van der Waals surface area contributed by atoms with Crippen LogP contribution in [-0.2, 0) is 11.2 Å². The highest BCUT2D eigenvalue weighted by Gasteiger charge is 2.44. The van der Waals surface area contributed by atoms with Crippen molar-refractivity contribution in [1.82, 2.24) is 20.2 Å². The van der Waals surface area contributed by atoms with Crippen LogP contribution in [0.5, 0.6) is 5.75 Å². The van der Waals surface area contributed by atoms with E-state index in [1.165, 1.54) is 0 Å². The summed E-state index contributed by atoms with van der Waals surface area (Å²) in [4.78, 5) is 35.2. The zero-order chi connectivity index (χ0) is 28.7. The molecule has 2 aliphatic heterocycles. The number of aromatic amines is 1. The summed E-state index contributed by atoms with van der Waals surface area (Å²) in [6.07, 6.45) is 4.37. The van der Waals surface area contributed by atoms with E-state index in [9.17, 15) is 9.59 Å². The molecule has 1 unspecified atom stereocenters. The monoisotopic (exact) mass is 561 g/mol. The Morgan fingerprint density at radius 2 is 2.08 bits per heavy atom. The number of nitrogens with one attached hydrogen (secondary N) is 3. The van der Waals surface area contributed by atoms with Crippen LogP contribution in [0.4, 0.5) is 16.2 Å². The number of carbonyl (C=O) groups excluding carboxylic acids is 2. The number of carbonyl (C=O) groups is 2. The number of anilines is 2. The largest absolute Gasteiger partial charge is 0.493 e. The summed E-state index contributed by atoms with van der Waals surface area (Å²) >= 11 is 6.38. The Kier molecular flexibility index (Phi) is 7.15. The van der Waals surface area contributed by atoms with Crippen molar-refractivity contribution in [2.45, 2.75) is 51.7 Å². The van der Waals surface area contributed by atoms with Crippen LogP contribution in [0.2, 0.25) is 5.02 Å². The SMILES string of the molecule is COc1c(Cl)cccc1Nc1c(-c2ccncc2C#CC2(C)CCN2C(=O)OC(C)(C)C)[nH]c2c1C(=O)NCC2. The van der Waals surface area contributed by atoms with E-state index < -0.39 is 11.1 Å². The van der Waals surface area contributed by atoms with Crippen LogP contribution in [-0.4, -0.2) is 58.2 Å². The number of rotatable bonds is 4. The number of aromatic nitrogens is 2. The number of hydrogen-bond donors (Lipinski definition) is 3. The van der Waals surface area contributed by atoms with Crippen molar-refractivity contribution in [1.29, 1.82) is 0 Å². The molecule has 208 valence electrons. The van der Waals surface area contributed by atoms with E-state index in [1.807, 2.05) is 45.9 Å². The maximum absolute atomic E-state index is 13.0. The summed E-state index contributed by atoms with van der Waals surface area (Å²) in [5.41, 5.74) is 3.41. The van der Waals surface area contributed by atoms with Gasteiger partial charge in [-0.25, -0.2) is 4.79 Å². The van der Waals surface area contributed by atoms with Crippen molar-refractivity contribution in [2.24, 2.45) is 0 Å². The van der Waals surface area contributed by atoms with Gasteiger partial charge in [0.05, 0.1) is 40.3 Å². The van der Waals surface area contributed by atoms with Crippen LogP contribution >= 0.6 is 11.6 Å². The van der Waals surface area contributed by atoms with Crippen molar-refractivity contribution in [3.63, 3.8) is 0 Å². The number of methoxy groups -OCH3 is 1. The lowest BCUT2D eigenvalue weighted by Crippen LogP contribution is -2.60. The minimum atomic E-state index is -0.667. The van der Waals surface area contributed by atoms with Gasteiger partial charge in [-0.3, -0.25) is 14.7 Å². The molecule has 0 saturated carbocycles. The Morgan fingerprint density at radius 1 is 1.27 bits per heavy atom. The van der Waals surface area contributed by atoms with Crippen molar-refractivity contribution >= 4 is 35.0 Å². The molecule has 5 rings (SSSR count). The lowest BCUT2D eigenvalue weighted by Gasteiger charge is -2.46. The van der Waals surface area contributed by atoms with Gasteiger partial charge in [0, 0.05) is 43.2 Å². The Balaban J connectivity index is 1.56. The Bertz CT molecular complexity index is 1550. The number of hydrogen-bond acceptors (Lipinski definition) is 6. The minimum absolute atomic E-state index is 0.177. The zero-order valence-corrected chi connectivity index (χ0v) is 24.0. The molecule has 3 N–H and O–H groups in total. The summed E-state index contributed by atoms with van der Waals surface area (Å²) in [6, 6.07) is 7.24. The van der Waals surface area contributed by atoms with E-state index in [0.717, 1.165) is 17.7 Å². The van der Waals surface area contributed by atoms with E-state index in [0.29, 0.717) is 58.5 Å². The Hall–Kier alpha value is -4.16. The highest BCUT2D eigenvalue weighted by Crippen LogP contribution is 2.41. The van der Waals surface area contributed by atoms with E-state index in [2.05, 4.69) is 32.4 Å². The first kappa shape index (κ1) is 27.4. The number of pyridine rings is 1. The van der Waals surface area contributed by atoms with Gasteiger partial charge in [-0.05, 0) is 52.3 Å². The zero-order valence-electron chi connectivity index (χ0n) is 23.2. The number of fused-ring (bicyclic) bond motifs is 1. The molecule has 9 nitrogen and oxygen atoms in total. The van der Waals surface area contributed by atoms with Crippen LogP contribution in [0.15, 0.2) is 36.7 Å². The maximum Gasteiger partial charge on any atom is 0.411 e. The van der Waals surface area contributed by atoms with Gasteiger partial charge < -0.3 is 25.1 Å². The predicted molar refractivity (Wildman–Crippen MR) is 154 cm³/mol. The average Bonchev–Trinajstić information content (AvgIpc) is 3.25. The summed E-state index contributed by atoms with van der Waals surface area (Å²) < 4.78 is 11.1. The molecule has 2 amide bonds. The van der Waals surface area contributed by atoms with E-state index in [4.69, 9.17) is 21.1 Å². The molecule has 2 aliphatic rings. The number of para-hydroxylation sites is 1. The number of nitrogens with zero attached hydrogens (tertiary/aromatic N) is 2. The molecule has 40 heavy (non-hydrogen) atoms. The first-order chi connectivity index (χ1) is 19.0. The topological polar surface area (TPSA) is 109 Å². The second-order valence-electron chi connectivity index (χ2n) is 11.0. The molecule has 1 fully saturated rings. The van der Waals surface area contributed by atoms with Gasteiger partial charge in [0.15, 0.2) is 5.75 Å². The molecular weight excluding hydrogens is 530 g/mol. The lowest BCUT2D eigenvalue weighted by atomic mass is 9.87. The van der Waals surface area contributed by atoms with Gasteiger partial charge in [0.1, 0.15) is 11.1 Å². The third kappa shape index (κ3) is 5.19. The van der Waals surface area contributed by atoms with Crippen molar-refractivity contribution in [2.75, 3.05) is 25.5 Å². The maximum atomic E-state index is 13.0. The highest BCUT2D eigenvalue weighted by molar-refractivity contribution is 6.32. The van der Waals surface area contributed by atoms with E-state index in [1.54, 1.807) is 30.5 Å². The number of benzene rings is 1. The van der Waals surface area contributed by atoms with Crippen LogP contribution in [0.1, 0.15) is 55.7 Å². The van der Waals surface area contributed by atoms with Crippen LogP contribution in [0.25, 0.3) is 11.3 Å². The third-order valence-corrected chi connectivity index (χ3v) is 7.28. The highest BCUT2D eigenvalue weighted by atomic mass is 35.5. The van der Waals surface area contributed by atoms with Crippen LogP contribution in [0.3, 0.4) is 0 Å². The number of ether oxygens (including phenoxy) is 2. The molecule has 0 bridgehead atoms. The molecule has 1 aromatic carbocycles. The summed E-state index contributed by atoms with van der Waals surface area (Å²) in [7, 11) is 1.55. The molecule has 4 heterocycles. The van der Waals surface area contributed by atoms with Gasteiger partial charge in [-0.1, -0.05) is 29.5 Å². The first-order valence-corrected chi connectivity index (χ1v) is 13.5. The van der Waals surface area contributed by atoms with Crippen molar-refractivity contribution < 1.29 is 19.1 Å². The van der Waals surface area contributed by atoms with Gasteiger partial charge in [0.2, 0.25) is 0 Å². The van der Waals surface area contributed by atoms with E-state index in [-0.39, 0.29) is 12.0 Å². The van der Waals surface area contributed by atoms with Crippen molar-refractivity contribution in [3.8, 4) is 28.8 Å². The fraction of sp³-hybridized carbons (Fsp3) is 0.367. The minimum Gasteiger partial charge on any atom is -0.493 e. The van der Waals surface area contributed by atoms with Gasteiger partial charge in [-0.15, -0.1) is 0 Å². The molecule has 1 atom stereocenters. The summed E-state index contributed by atoms with van der Waals surface area (Å²) in [5.74, 6) is 6.84. The molecule has 0 spiro atoms. The molecule has 10 heteroatoms.